The van der Waals surface area contributed by atoms with Gasteiger partial charge in [0.2, 0.25) is 0 Å². The van der Waals surface area contributed by atoms with E-state index in [1.165, 1.54) is 0 Å². The van der Waals surface area contributed by atoms with E-state index in [0.717, 1.165) is 11.1 Å². The third kappa shape index (κ3) is 3.42. The number of oxime groups is 1. The molecule has 5 heteroatoms. The largest absolute Gasteiger partial charge is 0.488 e. The van der Waals surface area contributed by atoms with Crippen LogP contribution in [0, 0.1) is 6.92 Å². The van der Waals surface area contributed by atoms with E-state index in [-0.39, 0.29) is 5.84 Å². The highest BCUT2D eigenvalue weighted by atomic mass is 35.5. The first-order chi connectivity index (χ1) is 9.60. The summed E-state index contributed by atoms with van der Waals surface area (Å²) in [5.74, 6) is 0.584. The molecule has 104 valence electrons. The Labute approximate surface area is 122 Å². The van der Waals surface area contributed by atoms with Crippen molar-refractivity contribution < 1.29 is 9.94 Å². The zero-order valence-electron chi connectivity index (χ0n) is 11.0. The van der Waals surface area contributed by atoms with Gasteiger partial charge in [-0.1, -0.05) is 40.5 Å². The summed E-state index contributed by atoms with van der Waals surface area (Å²) in [5, 5.41) is 12.5. The predicted molar refractivity (Wildman–Crippen MR) is 79.5 cm³/mol. The van der Waals surface area contributed by atoms with Gasteiger partial charge in [0.15, 0.2) is 5.84 Å². The van der Waals surface area contributed by atoms with Gasteiger partial charge in [-0.25, -0.2) is 0 Å². The van der Waals surface area contributed by atoms with E-state index in [1.54, 1.807) is 12.1 Å². The molecule has 0 amide bonds. The molecule has 0 aliphatic rings. The highest BCUT2D eigenvalue weighted by Crippen LogP contribution is 2.21. The van der Waals surface area contributed by atoms with Crippen LogP contribution < -0.4 is 10.5 Å². The second-order valence-corrected chi connectivity index (χ2v) is 4.84. The summed E-state index contributed by atoms with van der Waals surface area (Å²) < 4.78 is 5.73. The monoisotopic (exact) mass is 290 g/mol. The van der Waals surface area contributed by atoms with Gasteiger partial charge in [-0.2, -0.15) is 0 Å². The number of nitrogens with zero attached hydrogens (tertiary/aromatic N) is 1. The molecule has 0 saturated carbocycles. The molecule has 3 N–H and O–H groups in total. The van der Waals surface area contributed by atoms with E-state index in [9.17, 15) is 0 Å². The first-order valence-corrected chi connectivity index (χ1v) is 6.43. The molecule has 0 bridgehead atoms. The van der Waals surface area contributed by atoms with Gasteiger partial charge < -0.3 is 15.7 Å². The minimum atomic E-state index is 0.0230. The Balaban J connectivity index is 2.21. The highest BCUT2D eigenvalue weighted by Gasteiger charge is 2.09. The lowest BCUT2D eigenvalue weighted by atomic mass is 10.1. The van der Waals surface area contributed by atoms with E-state index in [2.05, 4.69) is 5.16 Å². The van der Waals surface area contributed by atoms with Crippen LogP contribution in [0.15, 0.2) is 47.6 Å². The van der Waals surface area contributed by atoms with Crippen LogP contribution in [-0.4, -0.2) is 11.0 Å². The van der Waals surface area contributed by atoms with Crippen molar-refractivity contribution in [3.8, 4) is 5.75 Å². The first-order valence-electron chi connectivity index (χ1n) is 6.06. The average Bonchev–Trinajstić information content (AvgIpc) is 2.45. The van der Waals surface area contributed by atoms with Crippen LogP contribution in [0.5, 0.6) is 5.75 Å². The summed E-state index contributed by atoms with van der Waals surface area (Å²) in [6.07, 6.45) is 0. The van der Waals surface area contributed by atoms with Crippen molar-refractivity contribution in [2.45, 2.75) is 13.5 Å². The number of benzene rings is 2. The lowest BCUT2D eigenvalue weighted by Crippen LogP contribution is -2.15. The number of aryl methyl sites for hydroxylation is 1. The van der Waals surface area contributed by atoms with Gasteiger partial charge in [-0.3, -0.25) is 0 Å². The molecular weight excluding hydrogens is 276 g/mol. The van der Waals surface area contributed by atoms with Crippen LogP contribution in [0.4, 0.5) is 0 Å². The number of ether oxygens (including phenoxy) is 1. The van der Waals surface area contributed by atoms with Crippen LogP contribution in [-0.2, 0) is 6.61 Å². The second kappa shape index (κ2) is 6.30. The van der Waals surface area contributed by atoms with Crippen molar-refractivity contribution >= 4 is 17.4 Å². The topological polar surface area (TPSA) is 67.8 Å². The van der Waals surface area contributed by atoms with Crippen LogP contribution in [0.1, 0.15) is 16.7 Å². The summed E-state index contributed by atoms with van der Waals surface area (Å²) in [4.78, 5) is 0. The maximum Gasteiger partial charge on any atom is 0.173 e. The number of nitrogens with two attached hydrogens (primary N) is 1. The molecule has 2 rings (SSSR count). The minimum Gasteiger partial charge on any atom is -0.488 e. The average molecular weight is 291 g/mol. The van der Waals surface area contributed by atoms with E-state index < -0.39 is 0 Å². The van der Waals surface area contributed by atoms with Crippen LogP contribution in [0.3, 0.4) is 0 Å². The van der Waals surface area contributed by atoms with Crippen molar-refractivity contribution in [2.75, 3.05) is 0 Å². The Hall–Kier alpha value is -2.20. The number of amidine groups is 1. The maximum atomic E-state index is 8.82. The van der Waals surface area contributed by atoms with Gasteiger partial charge in [0.1, 0.15) is 12.4 Å². The molecule has 0 saturated heterocycles. The van der Waals surface area contributed by atoms with Crippen molar-refractivity contribution in [1.82, 2.24) is 0 Å². The molecule has 20 heavy (non-hydrogen) atoms. The van der Waals surface area contributed by atoms with Crippen molar-refractivity contribution in [1.29, 1.82) is 0 Å². The van der Waals surface area contributed by atoms with Crippen LogP contribution in [0.2, 0.25) is 5.02 Å². The molecule has 0 unspecified atom stereocenters. The lowest BCUT2D eigenvalue weighted by molar-refractivity contribution is 0.303. The second-order valence-electron chi connectivity index (χ2n) is 4.40. The Kier molecular flexibility index (Phi) is 4.48. The van der Waals surface area contributed by atoms with Crippen LogP contribution in [0.25, 0.3) is 0 Å². The molecule has 0 heterocycles. The molecule has 2 aromatic rings. The first kappa shape index (κ1) is 14.2. The molecule has 0 spiro atoms. The molecule has 0 aromatic heterocycles. The summed E-state index contributed by atoms with van der Waals surface area (Å²) in [6, 6.07) is 12.9. The quantitative estimate of drug-likeness (QED) is 0.393. The lowest BCUT2D eigenvalue weighted by Gasteiger charge is -2.11. The van der Waals surface area contributed by atoms with Gasteiger partial charge in [-0.15, -0.1) is 0 Å². The summed E-state index contributed by atoms with van der Waals surface area (Å²) in [6.45, 7) is 2.28. The van der Waals surface area contributed by atoms with Crippen molar-refractivity contribution in [3.63, 3.8) is 0 Å². The summed E-state index contributed by atoms with van der Waals surface area (Å²) in [7, 11) is 0. The summed E-state index contributed by atoms with van der Waals surface area (Å²) in [5.41, 5.74) is 8.17. The van der Waals surface area contributed by atoms with Gasteiger partial charge in [0.25, 0.3) is 0 Å². The number of rotatable bonds is 4. The predicted octanol–water partition coefficient (Wildman–Crippen LogP) is 3.32. The number of hydrogen-bond donors (Lipinski definition) is 2. The highest BCUT2D eigenvalue weighted by molar-refractivity contribution is 6.30. The van der Waals surface area contributed by atoms with E-state index in [4.69, 9.17) is 27.3 Å². The van der Waals surface area contributed by atoms with Gasteiger partial charge in [0, 0.05) is 5.02 Å². The van der Waals surface area contributed by atoms with E-state index in [0.29, 0.717) is 22.9 Å². The third-order valence-corrected chi connectivity index (χ3v) is 3.04. The summed E-state index contributed by atoms with van der Waals surface area (Å²) >= 11 is 5.92. The Bertz CT molecular complexity index is 642. The normalized spacial score (nSPS) is 11.4. The van der Waals surface area contributed by atoms with Gasteiger partial charge >= 0.3 is 0 Å². The zero-order valence-corrected chi connectivity index (χ0v) is 11.8. The van der Waals surface area contributed by atoms with Crippen LogP contribution >= 0.6 is 11.6 Å². The molecular formula is C15H15ClN2O2. The SMILES string of the molecule is Cc1ccc(OCc2cccc(Cl)c2)c(/C(N)=N/O)c1. The third-order valence-electron chi connectivity index (χ3n) is 2.80. The van der Waals surface area contributed by atoms with Crippen molar-refractivity contribution in [2.24, 2.45) is 10.9 Å². The van der Waals surface area contributed by atoms with Gasteiger partial charge in [0.05, 0.1) is 5.56 Å². The van der Waals surface area contributed by atoms with Crippen molar-refractivity contribution in [3.05, 3.63) is 64.2 Å². The minimum absolute atomic E-state index is 0.0230. The standard InChI is InChI=1S/C15H15ClN2O2/c1-10-5-6-14(13(7-10)15(17)18-19)20-9-11-3-2-4-12(16)8-11/h2-8,19H,9H2,1H3,(H2,17,18). The number of halogens is 1. The molecule has 4 nitrogen and oxygen atoms in total. The maximum absolute atomic E-state index is 8.82. The smallest absolute Gasteiger partial charge is 0.173 e. The number of hydrogen-bond acceptors (Lipinski definition) is 3. The fraction of sp³-hybridized carbons (Fsp3) is 0.133. The molecule has 0 radical (unpaired) electrons. The Morgan fingerprint density at radius 2 is 2.10 bits per heavy atom. The Morgan fingerprint density at radius 1 is 1.30 bits per heavy atom. The van der Waals surface area contributed by atoms with E-state index in [1.807, 2.05) is 37.3 Å². The molecule has 0 fully saturated rings. The molecule has 2 aromatic carbocycles. The molecule has 0 aliphatic heterocycles. The fourth-order valence-electron chi connectivity index (χ4n) is 1.81. The van der Waals surface area contributed by atoms with Gasteiger partial charge in [-0.05, 0) is 36.8 Å². The Morgan fingerprint density at radius 3 is 2.80 bits per heavy atom. The molecule has 0 atom stereocenters. The van der Waals surface area contributed by atoms with E-state index >= 15 is 0 Å². The zero-order chi connectivity index (χ0) is 14.5. The fourth-order valence-corrected chi connectivity index (χ4v) is 2.02. The molecule has 0 aliphatic carbocycles.